The van der Waals surface area contributed by atoms with Gasteiger partial charge in [-0.25, -0.2) is 0 Å². The molecule has 0 bridgehead atoms. The van der Waals surface area contributed by atoms with Crippen molar-refractivity contribution in [2.45, 2.75) is 39.0 Å². The average molecular weight is 281 g/mol. The van der Waals surface area contributed by atoms with E-state index in [0.29, 0.717) is 17.2 Å². The van der Waals surface area contributed by atoms with Crippen molar-refractivity contribution in [2.75, 3.05) is 33.2 Å². The molecule has 0 atom stereocenters. The van der Waals surface area contributed by atoms with Gasteiger partial charge in [0.25, 0.3) is 0 Å². The fourth-order valence-electron chi connectivity index (χ4n) is 2.14. The van der Waals surface area contributed by atoms with Gasteiger partial charge in [-0.2, -0.15) is 0 Å². The Kier molecular flexibility index (Phi) is 7.70. The number of hydrogen-bond donors (Lipinski definition) is 1. The predicted octanol–water partition coefficient (Wildman–Crippen LogP) is 4.09. The SMILES string of the molecule is CCCCCCCNc1cc(OC)c(OC)c(OC)c1. The van der Waals surface area contributed by atoms with Gasteiger partial charge in [0.05, 0.1) is 21.3 Å². The number of anilines is 1. The van der Waals surface area contributed by atoms with Crippen LogP contribution in [-0.2, 0) is 0 Å². The lowest BCUT2D eigenvalue weighted by atomic mass is 10.1. The third kappa shape index (κ3) is 4.83. The molecule has 0 spiro atoms. The summed E-state index contributed by atoms with van der Waals surface area (Å²) < 4.78 is 16.0. The van der Waals surface area contributed by atoms with E-state index in [4.69, 9.17) is 14.2 Å². The average Bonchev–Trinajstić information content (AvgIpc) is 2.49. The molecule has 4 heteroatoms. The van der Waals surface area contributed by atoms with Gasteiger partial charge in [-0.15, -0.1) is 0 Å². The number of hydrogen-bond acceptors (Lipinski definition) is 4. The number of ether oxygens (including phenoxy) is 3. The Morgan fingerprint density at radius 2 is 1.45 bits per heavy atom. The number of benzene rings is 1. The van der Waals surface area contributed by atoms with Crippen LogP contribution in [0.1, 0.15) is 39.0 Å². The van der Waals surface area contributed by atoms with Gasteiger partial charge in [-0.3, -0.25) is 0 Å². The van der Waals surface area contributed by atoms with Crippen molar-refractivity contribution in [1.82, 2.24) is 0 Å². The summed E-state index contributed by atoms with van der Waals surface area (Å²) in [6.45, 7) is 3.19. The first kappa shape index (κ1) is 16.5. The summed E-state index contributed by atoms with van der Waals surface area (Å²) in [5.41, 5.74) is 0.995. The van der Waals surface area contributed by atoms with Crippen LogP contribution in [0.4, 0.5) is 5.69 Å². The van der Waals surface area contributed by atoms with E-state index in [9.17, 15) is 0 Å². The molecule has 1 aromatic carbocycles. The molecule has 0 aliphatic carbocycles. The molecular formula is C16H27NO3. The summed E-state index contributed by atoms with van der Waals surface area (Å²) in [6.07, 6.45) is 6.36. The first-order valence-electron chi connectivity index (χ1n) is 7.30. The summed E-state index contributed by atoms with van der Waals surface area (Å²) in [5.74, 6) is 1.99. The van der Waals surface area contributed by atoms with Crippen molar-refractivity contribution >= 4 is 5.69 Å². The van der Waals surface area contributed by atoms with Crippen LogP contribution in [0.15, 0.2) is 12.1 Å². The van der Waals surface area contributed by atoms with Crippen molar-refractivity contribution in [3.05, 3.63) is 12.1 Å². The Hall–Kier alpha value is -1.58. The van der Waals surface area contributed by atoms with E-state index in [1.807, 2.05) is 12.1 Å². The molecule has 0 amide bonds. The fourth-order valence-corrected chi connectivity index (χ4v) is 2.14. The van der Waals surface area contributed by atoms with Gasteiger partial charge in [0.15, 0.2) is 11.5 Å². The second-order valence-electron chi connectivity index (χ2n) is 4.76. The topological polar surface area (TPSA) is 39.7 Å². The molecule has 1 rings (SSSR count). The van der Waals surface area contributed by atoms with E-state index in [-0.39, 0.29) is 0 Å². The van der Waals surface area contributed by atoms with Crippen LogP contribution in [-0.4, -0.2) is 27.9 Å². The van der Waals surface area contributed by atoms with Gasteiger partial charge in [-0.1, -0.05) is 32.6 Å². The first-order chi connectivity index (χ1) is 9.76. The second kappa shape index (κ2) is 9.34. The molecule has 114 valence electrons. The molecule has 0 aromatic heterocycles. The molecule has 0 saturated heterocycles. The summed E-state index contributed by atoms with van der Waals surface area (Å²) in [6, 6.07) is 3.88. The normalized spacial score (nSPS) is 10.2. The third-order valence-electron chi connectivity index (χ3n) is 3.27. The van der Waals surface area contributed by atoms with E-state index in [0.717, 1.165) is 12.2 Å². The second-order valence-corrected chi connectivity index (χ2v) is 4.76. The van der Waals surface area contributed by atoms with E-state index >= 15 is 0 Å². The van der Waals surface area contributed by atoms with Gasteiger partial charge in [0.1, 0.15) is 0 Å². The van der Waals surface area contributed by atoms with Crippen LogP contribution in [0, 0.1) is 0 Å². The molecule has 0 saturated carbocycles. The Labute approximate surface area is 122 Å². The zero-order valence-electron chi connectivity index (χ0n) is 13.1. The maximum atomic E-state index is 5.33. The smallest absolute Gasteiger partial charge is 0.203 e. The molecule has 0 radical (unpaired) electrons. The van der Waals surface area contributed by atoms with E-state index < -0.39 is 0 Å². The lowest BCUT2D eigenvalue weighted by Gasteiger charge is -2.15. The van der Waals surface area contributed by atoms with Gasteiger partial charge >= 0.3 is 0 Å². The summed E-state index contributed by atoms with van der Waals surface area (Å²) in [7, 11) is 4.87. The first-order valence-corrected chi connectivity index (χ1v) is 7.30. The van der Waals surface area contributed by atoms with Crippen LogP contribution in [0.3, 0.4) is 0 Å². The van der Waals surface area contributed by atoms with Gasteiger partial charge in [-0.05, 0) is 6.42 Å². The Bertz CT molecular complexity index is 368. The highest BCUT2D eigenvalue weighted by Gasteiger charge is 2.12. The highest BCUT2D eigenvalue weighted by Crippen LogP contribution is 2.39. The minimum Gasteiger partial charge on any atom is -0.493 e. The molecular weight excluding hydrogens is 254 g/mol. The lowest BCUT2D eigenvalue weighted by molar-refractivity contribution is 0.324. The third-order valence-corrected chi connectivity index (χ3v) is 3.27. The van der Waals surface area contributed by atoms with Gasteiger partial charge in [0, 0.05) is 24.4 Å². The highest BCUT2D eigenvalue weighted by molar-refractivity contribution is 5.62. The van der Waals surface area contributed by atoms with Crippen molar-refractivity contribution in [3.8, 4) is 17.2 Å². The molecule has 0 fully saturated rings. The molecule has 1 N–H and O–H groups in total. The molecule has 1 aromatic rings. The van der Waals surface area contributed by atoms with Crippen molar-refractivity contribution in [1.29, 1.82) is 0 Å². The standard InChI is InChI=1S/C16H27NO3/c1-5-6-7-8-9-10-17-13-11-14(18-2)16(20-4)15(12-13)19-3/h11-12,17H,5-10H2,1-4H3. The van der Waals surface area contributed by atoms with Crippen LogP contribution < -0.4 is 19.5 Å². The monoisotopic (exact) mass is 281 g/mol. The quantitative estimate of drug-likeness (QED) is 0.656. The summed E-state index contributed by atoms with van der Waals surface area (Å²) in [5, 5.41) is 3.41. The molecule has 0 unspecified atom stereocenters. The predicted molar refractivity (Wildman–Crippen MR) is 83.3 cm³/mol. The zero-order chi connectivity index (χ0) is 14.8. The highest BCUT2D eigenvalue weighted by atomic mass is 16.5. The summed E-state index contributed by atoms with van der Waals surface area (Å²) in [4.78, 5) is 0. The zero-order valence-corrected chi connectivity index (χ0v) is 13.1. The van der Waals surface area contributed by atoms with Crippen LogP contribution in [0.5, 0.6) is 17.2 Å². The van der Waals surface area contributed by atoms with Crippen LogP contribution >= 0.6 is 0 Å². The Balaban J connectivity index is 2.57. The summed E-state index contributed by atoms with van der Waals surface area (Å²) >= 11 is 0. The minimum absolute atomic E-state index is 0.628. The van der Waals surface area contributed by atoms with Crippen LogP contribution in [0.25, 0.3) is 0 Å². The number of methoxy groups -OCH3 is 3. The minimum atomic E-state index is 0.628. The maximum Gasteiger partial charge on any atom is 0.203 e. The Morgan fingerprint density at radius 3 is 1.95 bits per heavy atom. The van der Waals surface area contributed by atoms with E-state index in [1.54, 1.807) is 21.3 Å². The van der Waals surface area contributed by atoms with Gasteiger partial charge in [0.2, 0.25) is 5.75 Å². The maximum absolute atomic E-state index is 5.33. The largest absolute Gasteiger partial charge is 0.493 e. The van der Waals surface area contributed by atoms with Crippen molar-refractivity contribution < 1.29 is 14.2 Å². The van der Waals surface area contributed by atoms with Crippen molar-refractivity contribution in [3.63, 3.8) is 0 Å². The molecule has 4 nitrogen and oxygen atoms in total. The molecule has 0 heterocycles. The number of unbranched alkanes of at least 4 members (excludes halogenated alkanes) is 4. The Morgan fingerprint density at radius 1 is 0.850 bits per heavy atom. The molecule has 20 heavy (non-hydrogen) atoms. The number of nitrogens with one attached hydrogen (secondary N) is 1. The number of rotatable bonds is 10. The molecule has 0 aliphatic rings. The fraction of sp³-hybridized carbons (Fsp3) is 0.625. The van der Waals surface area contributed by atoms with Crippen molar-refractivity contribution in [2.24, 2.45) is 0 Å². The lowest BCUT2D eigenvalue weighted by Crippen LogP contribution is -2.03. The van der Waals surface area contributed by atoms with E-state index in [1.165, 1.54) is 32.1 Å². The van der Waals surface area contributed by atoms with E-state index in [2.05, 4.69) is 12.2 Å². The molecule has 0 aliphatic heterocycles. The van der Waals surface area contributed by atoms with Crippen LogP contribution in [0.2, 0.25) is 0 Å². The van der Waals surface area contributed by atoms with Gasteiger partial charge < -0.3 is 19.5 Å².